The fourth-order valence-corrected chi connectivity index (χ4v) is 3.82. The number of hydrogen-bond acceptors (Lipinski definition) is 3. The first-order valence-electron chi connectivity index (χ1n) is 9.16. The Morgan fingerprint density at radius 3 is 2.55 bits per heavy atom. The summed E-state index contributed by atoms with van der Waals surface area (Å²) < 4.78 is 5.38. The Kier molecular flexibility index (Phi) is 5.23. The summed E-state index contributed by atoms with van der Waals surface area (Å²) in [5.74, 6) is -0.102. The Morgan fingerprint density at radius 2 is 1.79 bits per heavy atom. The smallest absolute Gasteiger partial charge is 0.258 e. The average molecular weight is 407 g/mol. The zero-order valence-corrected chi connectivity index (χ0v) is 16.5. The lowest BCUT2D eigenvalue weighted by Crippen LogP contribution is -2.39. The third-order valence-corrected chi connectivity index (χ3v) is 5.16. The molecule has 0 bridgehead atoms. The molecular formula is C23H19ClN2O3. The van der Waals surface area contributed by atoms with E-state index in [1.807, 2.05) is 30.3 Å². The van der Waals surface area contributed by atoms with E-state index < -0.39 is 6.04 Å². The minimum Gasteiger partial charge on any atom is -0.496 e. The van der Waals surface area contributed by atoms with Gasteiger partial charge in [-0.2, -0.15) is 0 Å². The summed E-state index contributed by atoms with van der Waals surface area (Å²) in [5.41, 5.74) is 2.69. The minimum atomic E-state index is -0.485. The summed E-state index contributed by atoms with van der Waals surface area (Å²) in [6, 6.07) is 21.4. The van der Waals surface area contributed by atoms with Gasteiger partial charge in [-0.3, -0.25) is 9.59 Å². The van der Waals surface area contributed by atoms with Gasteiger partial charge in [-0.15, -0.1) is 0 Å². The van der Waals surface area contributed by atoms with Gasteiger partial charge in [0.25, 0.3) is 5.91 Å². The van der Waals surface area contributed by atoms with E-state index in [4.69, 9.17) is 16.3 Å². The lowest BCUT2D eigenvalue weighted by molar-refractivity contribution is -0.117. The highest BCUT2D eigenvalue weighted by Crippen LogP contribution is 2.38. The number of nitrogens with one attached hydrogen (secondary N) is 1. The van der Waals surface area contributed by atoms with E-state index >= 15 is 0 Å². The van der Waals surface area contributed by atoms with E-state index in [9.17, 15) is 9.59 Å². The molecule has 0 aliphatic carbocycles. The molecular weight excluding hydrogens is 388 g/mol. The molecule has 1 heterocycles. The van der Waals surface area contributed by atoms with Crippen molar-refractivity contribution in [1.82, 2.24) is 4.90 Å². The highest BCUT2D eigenvalue weighted by Gasteiger charge is 2.34. The summed E-state index contributed by atoms with van der Waals surface area (Å²) in [6.07, 6.45) is 0. The van der Waals surface area contributed by atoms with Crippen LogP contribution in [0.15, 0.2) is 72.8 Å². The summed E-state index contributed by atoms with van der Waals surface area (Å²) in [4.78, 5) is 27.8. The van der Waals surface area contributed by atoms with Crippen LogP contribution < -0.4 is 10.1 Å². The highest BCUT2D eigenvalue weighted by atomic mass is 35.5. The van der Waals surface area contributed by atoms with Crippen LogP contribution in [0.2, 0.25) is 5.02 Å². The van der Waals surface area contributed by atoms with Crippen molar-refractivity contribution < 1.29 is 14.3 Å². The molecule has 3 aromatic carbocycles. The van der Waals surface area contributed by atoms with Gasteiger partial charge in [-0.25, -0.2) is 0 Å². The lowest BCUT2D eigenvalue weighted by Gasteiger charge is -2.31. The van der Waals surface area contributed by atoms with E-state index in [1.54, 1.807) is 47.4 Å². The number of ether oxygens (including phenoxy) is 1. The standard InChI is InChI=1S/C23H19ClN2O3/c1-29-20-10-6-5-9-17(20)23(28)26-14-21(27)25-19-12-11-16(24)13-18(19)22(26)15-7-3-2-4-8-15/h2-13,22H,14H2,1H3,(H,25,27)/t22-/m1/s1. The quantitative estimate of drug-likeness (QED) is 0.695. The van der Waals surface area contributed by atoms with Gasteiger partial charge in [0.05, 0.1) is 18.7 Å². The average Bonchev–Trinajstić information content (AvgIpc) is 2.89. The number of fused-ring (bicyclic) bond motifs is 1. The summed E-state index contributed by atoms with van der Waals surface area (Å²) in [6.45, 7) is -0.0945. The van der Waals surface area contributed by atoms with Crippen LogP contribution in [-0.2, 0) is 4.79 Å². The van der Waals surface area contributed by atoms with Crippen LogP contribution in [0.3, 0.4) is 0 Å². The third kappa shape index (κ3) is 3.69. The topological polar surface area (TPSA) is 58.6 Å². The molecule has 1 atom stereocenters. The predicted octanol–water partition coefficient (Wildman–Crippen LogP) is 4.53. The van der Waals surface area contributed by atoms with E-state index in [1.165, 1.54) is 7.11 Å². The van der Waals surface area contributed by atoms with E-state index in [0.717, 1.165) is 11.1 Å². The molecule has 0 spiro atoms. The molecule has 0 fully saturated rings. The summed E-state index contributed by atoms with van der Waals surface area (Å²) in [5, 5.41) is 3.42. The van der Waals surface area contributed by atoms with Crippen LogP contribution in [0, 0.1) is 0 Å². The number of halogens is 1. The molecule has 0 radical (unpaired) electrons. The number of carbonyl (C=O) groups is 2. The van der Waals surface area contributed by atoms with Gasteiger partial charge in [-0.05, 0) is 35.9 Å². The normalized spacial score (nSPS) is 15.9. The van der Waals surface area contributed by atoms with Crippen LogP contribution in [-0.4, -0.2) is 30.4 Å². The van der Waals surface area contributed by atoms with Crippen molar-refractivity contribution in [1.29, 1.82) is 0 Å². The minimum absolute atomic E-state index is 0.0945. The van der Waals surface area contributed by atoms with Crippen molar-refractivity contribution >= 4 is 29.1 Å². The molecule has 5 nitrogen and oxygen atoms in total. The second-order valence-electron chi connectivity index (χ2n) is 6.73. The number of carbonyl (C=O) groups excluding carboxylic acids is 2. The van der Waals surface area contributed by atoms with Gasteiger partial charge in [0.1, 0.15) is 12.3 Å². The van der Waals surface area contributed by atoms with Crippen LogP contribution >= 0.6 is 11.6 Å². The van der Waals surface area contributed by atoms with Gasteiger partial charge in [0.15, 0.2) is 0 Å². The molecule has 29 heavy (non-hydrogen) atoms. The Labute approximate surface area is 173 Å². The Bertz CT molecular complexity index is 1070. The number of nitrogens with zero attached hydrogens (tertiary/aromatic N) is 1. The van der Waals surface area contributed by atoms with Crippen molar-refractivity contribution in [3.63, 3.8) is 0 Å². The zero-order chi connectivity index (χ0) is 20.4. The first-order valence-corrected chi connectivity index (χ1v) is 9.54. The van der Waals surface area contributed by atoms with Gasteiger partial charge in [0, 0.05) is 16.3 Å². The van der Waals surface area contributed by atoms with Crippen molar-refractivity contribution in [2.75, 3.05) is 19.0 Å². The second-order valence-corrected chi connectivity index (χ2v) is 7.16. The molecule has 0 unspecified atom stereocenters. The first kappa shape index (κ1) is 19.0. The van der Waals surface area contributed by atoms with Crippen LogP contribution in [0.25, 0.3) is 0 Å². The number of amides is 2. The van der Waals surface area contributed by atoms with Gasteiger partial charge >= 0.3 is 0 Å². The first-order chi connectivity index (χ1) is 14.1. The van der Waals surface area contributed by atoms with Gasteiger partial charge in [0.2, 0.25) is 5.91 Å². The van der Waals surface area contributed by atoms with Crippen molar-refractivity contribution in [3.05, 3.63) is 94.5 Å². The van der Waals surface area contributed by atoms with Crippen molar-refractivity contribution in [2.45, 2.75) is 6.04 Å². The summed E-state index contributed by atoms with van der Waals surface area (Å²) >= 11 is 6.27. The fraction of sp³-hybridized carbons (Fsp3) is 0.130. The Morgan fingerprint density at radius 1 is 1.07 bits per heavy atom. The zero-order valence-electron chi connectivity index (χ0n) is 15.8. The molecule has 4 rings (SSSR count). The molecule has 1 aliphatic rings. The number of anilines is 1. The SMILES string of the molecule is COc1ccccc1C(=O)N1CC(=O)Nc2ccc(Cl)cc2[C@H]1c1ccccc1. The number of methoxy groups -OCH3 is 1. The van der Waals surface area contributed by atoms with E-state index in [0.29, 0.717) is 22.0 Å². The lowest BCUT2D eigenvalue weighted by atomic mass is 9.95. The second kappa shape index (κ2) is 7.97. The maximum absolute atomic E-state index is 13.6. The molecule has 1 aliphatic heterocycles. The number of para-hydroxylation sites is 1. The highest BCUT2D eigenvalue weighted by molar-refractivity contribution is 6.30. The number of hydrogen-bond donors (Lipinski definition) is 1. The fourth-order valence-electron chi connectivity index (χ4n) is 3.64. The maximum Gasteiger partial charge on any atom is 0.258 e. The third-order valence-electron chi connectivity index (χ3n) is 4.92. The Hall–Kier alpha value is -3.31. The molecule has 6 heteroatoms. The largest absolute Gasteiger partial charge is 0.496 e. The predicted molar refractivity (Wildman–Crippen MR) is 112 cm³/mol. The number of benzene rings is 3. The number of rotatable bonds is 3. The molecule has 1 N–H and O–H groups in total. The molecule has 2 amide bonds. The maximum atomic E-state index is 13.6. The van der Waals surface area contributed by atoms with Crippen molar-refractivity contribution in [3.8, 4) is 5.75 Å². The molecule has 0 saturated heterocycles. The van der Waals surface area contributed by atoms with Crippen LogP contribution in [0.5, 0.6) is 5.75 Å². The van der Waals surface area contributed by atoms with Crippen molar-refractivity contribution in [2.24, 2.45) is 0 Å². The van der Waals surface area contributed by atoms with Gasteiger partial charge in [-0.1, -0.05) is 54.1 Å². The Balaban J connectivity index is 1.90. The molecule has 146 valence electrons. The van der Waals surface area contributed by atoms with Crippen LogP contribution in [0.1, 0.15) is 27.5 Å². The molecule has 3 aromatic rings. The molecule has 0 saturated carbocycles. The van der Waals surface area contributed by atoms with E-state index in [-0.39, 0.29) is 18.4 Å². The van der Waals surface area contributed by atoms with Gasteiger partial charge < -0.3 is 15.0 Å². The monoisotopic (exact) mass is 406 g/mol. The van der Waals surface area contributed by atoms with Crippen LogP contribution in [0.4, 0.5) is 5.69 Å². The molecule has 0 aromatic heterocycles. The van der Waals surface area contributed by atoms with E-state index in [2.05, 4.69) is 5.32 Å². The summed E-state index contributed by atoms with van der Waals surface area (Å²) in [7, 11) is 1.52.